The molecule has 2 aromatic rings. The Morgan fingerprint density at radius 2 is 1.66 bits per heavy atom. The lowest BCUT2D eigenvalue weighted by molar-refractivity contribution is 0.102. The van der Waals surface area contributed by atoms with Gasteiger partial charge in [-0.1, -0.05) is 16.8 Å². The highest BCUT2D eigenvalue weighted by molar-refractivity contribution is 7.92. The molecule has 2 aromatic carbocycles. The minimum Gasteiger partial charge on any atom is -0.411 e. The van der Waals surface area contributed by atoms with Gasteiger partial charge in [0.1, 0.15) is 0 Å². The molecule has 32 heavy (non-hydrogen) atoms. The minimum atomic E-state index is -3.93. The van der Waals surface area contributed by atoms with Crippen LogP contribution in [-0.4, -0.2) is 30.5 Å². The third-order valence-electron chi connectivity index (χ3n) is 6.07. The molecule has 6 nitrogen and oxygen atoms in total. The summed E-state index contributed by atoms with van der Waals surface area (Å²) >= 11 is 6.18. The van der Waals surface area contributed by atoms with Crippen LogP contribution in [0.2, 0.25) is 5.02 Å². The first-order valence-electron chi connectivity index (χ1n) is 9.81. The van der Waals surface area contributed by atoms with Crippen molar-refractivity contribution in [2.24, 2.45) is 17.0 Å². The third kappa shape index (κ3) is 3.97. The topological polar surface area (TPSA) is 95.8 Å². The fraction of sp³-hybridized carbons (Fsp3) is 0.333. The number of hydrogen-bond acceptors (Lipinski definition) is 5. The Bertz CT molecular complexity index is 1200. The maximum absolute atomic E-state index is 13.5. The number of carbonyl (C=O) groups excluding carboxylic acids is 1. The normalized spacial score (nSPS) is 22.6. The molecule has 2 aliphatic carbocycles. The Morgan fingerprint density at radius 3 is 2.22 bits per heavy atom. The first-order chi connectivity index (χ1) is 15.1. The van der Waals surface area contributed by atoms with E-state index in [1.54, 1.807) is 0 Å². The molecule has 4 rings (SSSR count). The number of rotatable bonds is 4. The number of anilines is 1. The number of hydrogen-bond donors (Lipinski definition) is 2. The highest BCUT2D eigenvalue weighted by Crippen LogP contribution is 2.47. The standard InChI is InChI=1S/C21H18ClF3N2O4S/c22-15-4-3-12(21(28)26-13-8-16(23)19(25)17(24)9-13)7-18(15)32(30,31)20-10-1-2-11(20)6-14(5-10)27-29/h3-4,7-11,20,29H,1-2,5-6H2,(H,26,28). The van der Waals surface area contributed by atoms with Gasteiger partial charge in [-0.25, -0.2) is 21.6 Å². The van der Waals surface area contributed by atoms with Crippen LogP contribution in [0.25, 0.3) is 0 Å². The van der Waals surface area contributed by atoms with Crippen LogP contribution in [-0.2, 0) is 9.84 Å². The molecular formula is C21H18ClF3N2O4S. The van der Waals surface area contributed by atoms with Crippen LogP contribution in [0.3, 0.4) is 0 Å². The smallest absolute Gasteiger partial charge is 0.255 e. The Kier molecular flexibility index (Phi) is 5.93. The summed E-state index contributed by atoms with van der Waals surface area (Å²) < 4.78 is 66.9. The summed E-state index contributed by atoms with van der Waals surface area (Å²) in [5.74, 6) is -5.90. The lowest BCUT2D eigenvalue weighted by atomic mass is 9.87. The maximum atomic E-state index is 13.5. The zero-order chi connectivity index (χ0) is 23.2. The monoisotopic (exact) mass is 486 g/mol. The molecule has 0 saturated heterocycles. The van der Waals surface area contributed by atoms with E-state index in [-0.39, 0.29) is 33.0 Å². The largest absolute Gasteiger partial charge is 0.411 e. The van der Waals surface area contributed by atoms with Crippen LogP contribution in [0.5, 0.6) is 0 Å². The van der Waals surface area contributed by atoms with Gasteiger partial charge in [0, 0.05) is 23.4 Å². The van der Waals surface area contributed by atoms with E-state index in [0.29, 0.717) is 43.5 Å². The Morgan fingerprint density at radius 1 is 1.06 bits per heavy atom. The summed E-state index contributed by atoms with van der Waals surface area (Å²) in [7, 11) is -3.93. The molecule has 0 spiro atoms. The van der Waals surface area contributed by atoms with Crippen molar-refractivity contribution in [3.8, 4) is 0 Å². The third-order valence-corrected chi connectivity index (χ3v) is 8.95. The molecular weight excluding hydrogens is 469 g/mol. The fourth-order valence-corrected chi connectivity index (χ4v) is 7.54. The molecule has 170 valence electrons. The highest BCUT2D eigenvalue weighted by Gasteiger charge is 2.49. The van der Waals surface area contributed by atoms with Crippen molar-refractivity contribution in [2.45, 2.75) is 35.8 Å². The van der Waals surface area contributed by atoms with Crippen LogP contribution < -0.4 is 5.32 Å². The van der Waals surface area contributed by atoms with Gasteiger partial charge < -0.3 is 10.5 Å². The van der Waals surface area contributed by atoms with E-state index in [9.17, 15) is 26.4 Å². The molecule has 2 saturated carbocycles. The maximum Gasteiger partial charge on any atom is 0.255 e. The number of halogens is 4. The number of nitrogens with one attached hydrogen (secondary N) is 1. The van der Waals surface area contributed by atoms with E-state index >= 15 is 0 Å². The Balaban J connectivity index is 1.64. The SMILES string of the molecule is O=C(Nc1cc(F)c(F)c(F)c1)c1ccc(Cl)c(S(=O)(=O)C2C3CCC2CC(=NO)C3)c1. The summed E-state index contributed by atoms with van der Waals surface area (Å²) in [6.07, 6.45) is 2.09. The van der Waals surface area contributed by atoms with Crippen molar-refractivity contribution < 1.29 is 31.6 Å². The Hall–Kier alpha value is -2.59. The molecule has 2 N–H and O–H groups in total. The van der Waals surface area contributed by atoms with Gasteiger partial charge in [0.15, 0.2) is 27.3 Å². The number of fused-ring (bicyclic) bond motifs is 2. The number of nitrogens with zero attached hydrogens (tertiary/aromatic N) is 1. The number of amides is 1. The highest BCUT2D eigenvalue weighted by atomic mass is 35.5. The van der Waals surface area contributed by atoms with Gasteiger partial charge in [0.25, 0.3) is 5.91 Å². The molecule has 0 aliphatic heterocycles. The molecule has 0 heterocycles. The van der Waals surface area contributed by atoms with Gasteiger partial charge in [-0.05, 0) is 55.7 Å². The summed E-state index contributed by atoms with van der Waals surface area (Å²) in [4.78, 5) is 12.4. The second-order valence-electron chi connectivity index (χ2n) is 8.03. The second-order valence-corrected chi connectivity index (χ2v) is 10.5. The number of sulfone groups is 1. The number of carbonyl (C=O) groups is 1. The summed E-state index contributed by atoms with van der Waals surface area (Å²) in [6, 6.07) is 4.89. The van der Waals surface area contributed by atoms with Gasteiger partial charge >= 0.3 is 0 Å². The molecule has 0 radical (unpaired) electrons. The first-order valence-corrected chi connectivity index (χ1v) is 11.7. The Labute approximate surface area is 187 Å². The van der Waals surface area contributed by atoms with Crippen molar-refractivity contribution in [2.75, 3.05) is 5.32 Å². The van der Waals surface area contributed by atoms with Gasteiger partial charge in [-0.3, -0.25) is 4.79 Å². The van der Waals surface area contributed by atoms with Crippen molar-refractivity contribution in [1.29, 1.82) is 0 Å². The lowest BCUT2D eigenvalue weighted by Gasteiger charge is -2.30. The predicted octanol–water partition coefficient (Wildman–Crippen LogP) is 4.80. The molecule has 2 unspecified atom stereocenters. The molecule has 2 bridgehead atoms. The van der Waals surface area contributed by atoms with Gasteiger partial charge in [0.05, 0.1) is 20.9 Å². The van der Waals surface area contributed by atoms with E-state index in [1.165, 1.54) is 12.1 Å². The van der Waals surface area contributed by atoms with Crippen molar-refractivity contribution in [3.63, 3.8) is 0 Å². The van der Waals surface area contributed by atoms with Gasteiger partial charge in [-0.2, -0.15) is 0 Å². The van der Waals surface area contributed by atoms with Crippen LogP contribution >= 0.6 is 11.6 Å². The zero-order valence-corrected chi connectivity index (χ0v) is 18.1. The zero-order valence-electron chi connectivity index (χ0n) is 16.5. The average molecular weight is 487 g/mol. The first kappa shape index (κ1) is 22.6. The minimum absolute atomic E-state index is 0.0542. The number of oxime groups is 1. The second kappa shape index (κ2) is 8.40. The van der Waals surface area contributed by atoms with Gasteiger partial charge in [-0.15, -0.1) is 0 Å². The average Bonchev–Trinajstić information content (AvgIpc) is 3.03. The van der Waals surface area contributed by atoms with Crippen molar-refractivity contribution in [3.05, 3.63) is 58.4 Å². The van der Waals surface area contributed by atoms with Gasteiger partial charge in [0.2, 0.25) is 0 Å². The molecule has 1 amide bonds. The lowest BCUT2D eigenvalue weighted by Crippen LogP contribution is -2.37. The van der Waals surface area contributed by atoms with Crippen molar-refractivity contribution in [1.82, 2.24) is 0 Å². The molecule has 2 fully saturated rings. The summed E-state index contributed by atoms with van der Waals surface area (Å²) in [5.41, 5.74) is 0.146. The van der Waals surface area contributed by atoms with E-state index in [4.69, 9.17) is 16.8 Å². The van der Waals surface area contributed by atoms with Crippen LogP contribution in [0, 0.1) is 29.3 Å². The van der Waals surface area contributed by atoms with Crippen LogP contribution in [0.4, 0.5) is 18.9 Å². The summed E-state index contributed by atoms with van der Waals surface area (Å²) in [6.45, 7) is 0. The van der Waals surface area contributed by atoms with E-state index < -0.39 is 38.4 Å². The quantitative estimate of drug-likeness (QED) is 0.368. The van der Waals surface area contributed by atoms with E-state index in [0.717, 1.165) is 6.07 Å². The summed E-state index contributed by atoms with van der Waals surface area (Å²) in [5, 5.41) is 13.8. The van der Waals surface area contributed by atoms with Crippen molar-refractivity contribution >= 4 is 38.7 Å². The predicted molar refractivity (Wildman–Crippen MR) is 111 cm³/mol. The molecule has 2 atom stereocenters. The molecule has 11 heteroatoms. The van der Waals surface area contributed by atoms with E-state index in [2.05, 4.69) is 10.5 Å². The molecule has 2 aliphatic rings. The van der Waals surface area contributed by atoms with Crippen LogP contribution in [0.1, 0.15) is 36.0 Å². The van der Waals surface area contributed by atoms with E-state index in [1.807, 2.05) is 0 Å². The number of benzene rings is 2. The molecule has 0 aromatic heterocycles. The van der Waals surface area contributed by atoms with Crippen LogP contribution in [0.15, 0.2) is 40.4 Å². The fourth-order valence-electron chi connectivity index (χ4n) is 4.70.